The lowest BCUT2D eigenvalue weighted by Gasteiger charge is -2.21. The lowest BCUT2D eigenvalue weighted by molar-refractivity contribution is -0.121. The summed E-state index contributed by atoms with van der Waals surface area (Å²) in [5.74, 6) is 0.0915. The van der Waals surface area contributed by atoms with Crippen molar-refractivity contribution in [1.29, 1.82) is 0 Å². The van der Waals surface area contributed by atoms with E-state index < -0.39 is 0 Å². The predicted octanol–water partition coefficient (Wildman–Crippen LogP) is 3.32. The molecule has 0 aliphatic carbocycles. The fourth-order valence-corrected chi connectivity index (χ4v) is 2.78. The lowest BCUT2D eigenvalue weighted by Crippen LogP contribution is -2.26. The van der Waals surface area contributed by atoms with E-state index in [4.69, 9.17) is 0 Å². The van der Waals surface area contributed by atoms with Crippen LogP contribution in [0.5, 0.6) is 0 Å². The van der Waals surface area contributed by atoms with E-state index >= 15 is 0 Å². The average molecular weight is 316 g/mol. The first-order chi connectivity index (χ1) is 10.9. The van der Waals surface area contributed by atoms with Crippen molar-refractivity contribution in [2.45, 2.75) is 46.5 Å². The van der Waals surface area contributed by atoms with Gasteiger partial charge in [0.1, 0.15) is 0 Å². The van der Waals surface area contributed by atoms with Gasteiger partial charge in [-0.05, 0) is 42.7 Å². The van der Waals surface area contributed by atoms with Crippen molar-refractivity contribution < 1.29 is 9.90 Å². The highest BCUT2D eigenvalue weighted by atomic mass is 16.3. The average Bonchev–Trinajstić information content (AvgIpc) is 2.94. The second kappa shape index (κ2) is 7.64. The number of aromatic amines is 1. The second-order valence-electron chi connectivity index (χ2n) is 7.09. The van der Waals surface area contributed by atoms with Crippen molar-refractivity contribution in [3.8, 4) is 0 Å². The van der Waals surface area contributed by atoms with E-state index in [0.29, 0.717) is 13.0 Å². The van der Waals surface area contributed by atoms with Crippen LogP contribution < -0.4 is 5.32 Å². The molecule has 4 heteroatoms. The highest BCUT2D eigenvalue weighted by Crippen LogP contribution is 2.22. The minimum Gasteiger partial charge on any atom is -0.396 e. The van der Waals surface area contributed by atoms with Crippen molar-refractivity contribution >= 4 is 16.8 Å². The third-order valence-electron chi connectivity index (χ3n) is 4.41. The summed E-state index contributed by atoms with van der Waals surface area (Å²) >= 11 is 0. The number of aliphatic hydroxyl groups is 1. The molecule has 0 aliphatic rings. The highest BCUT2D eigenvalue weighted by molar-refractivity contribution is 5.86. The largest absolute Gasteiger partial charge is 0.396 e. The molecule has 0 unspecified atom stereocenters. The van der Waals surface area contributed by atoms with Gasteiger partial charge in [-0.1, -0.05) is 32.0 Å². The number of carbonyl (C=O) groups is 1. The van der Waals surface area contributed by atoms with Crippen LogP contribution >= 0.6 is 0 Å². The first-order valence-corrected chi connectivity index (χ1v) is 8.36. The van der Waals surface area contributed by atoms with E-state index in [-0.39, 0.29) is 17.9 Å². The van der Waals surface area contributed by atoms with Gasteiger partial charge in [0.15, 0.2) is 0 Å². The molecular formula is C19H28N2O2. The number of amides is 1. The molecule has 0 bridgehead atoms. The Balaban J connectivity index is 1.77. The number of hydrogen-bond acceptors (Lipinski definition) is 2. The van der Waals surface area contributed by atoms with Gasteiger partial charge in [-0.15, -0.1) is 0 Å². The summed E-state index contributed by atoms with van der Waals surface area (Å²) in [7, 11) is 0. The molecule has 1 aromatic heterocycles. The molecule has 0 radical (unpaired) electrons. The number of rotatable bonds is 8. The van der Waals surface area contributed by atoms with Crippen LogP contribution in [0.2, 0.25) is 0 Å². The molecule has 2 aromatic rings. The molecule has 2 rings (SSSR count). The molecule has 0 saturated carbocycles. The lowest BCUT2D eigenvalue weighted by atomic mass is 9.89. The van der Waals surface area contributed by atoms with Gasteiger partial charge in [-0.25, -0.2) is 0 Å². The Kier molecular flexibility index (Phi) is 5.83. The van der Waals surface area contributed by atoms with Crippen molar-refractivity contribution in [2.24, 2.45) is 5.41 Å². The standard InChI is InChI=1S/C19H28N2O2/c1-14-6-4-7-16-15(12-21-18(14)16)8-9-17(23)20-11-5-10-19(2,3)13-22/h4,6-7,12,21-22H,5,8-11,13H2,1-3H3,(H,20,23). The van der Waals surface area contributed by atoms with Crippen molar-refractivity contribution in [3.05, 3.63) is 35.5 Å². The van der Waals surface area contributed by atoms with Gasteiger partial charge in [0, 0.05) is 36.7 Å². The molecule has 0 atom stereocenters. The number of H-pyrrole nitrogens is 1. The minimum absolute atomic E-state index is 0.0629. The van der Waals surface area contributed by atoms with Gasteiger partial charge in [-0.3, -0.25) is 4.79 Å². The molecule has 4 nitrogen and oxygen atoms in total. The fourth-order valence-electron chi connectivity index (χ4n) is 2.78. The normalized spacial score (nSPS) is 11.8. The number of benzene rings is 1. The van der Waals surface area contributed by atoms with Gasteiger partial charge in [0.25, 0.3) is 0 Å². The van der Waals surface area contributed by atoms with E-state index in [1.807, 2.05) is 20.0 Å². The topological polar surface area (TPSA) is 65.1 Å². The summed E-state index contributed by atoms with van der Waals surface area (Å²) in [6.07, 6.45) is 5.06. The highest BCUT2D eigenvalue weighted by Gasteiger charge is 2.15. The zero-order valence-electron chi connectivity index (χ0n) is 14.4. The van der Waals surface area contributed by atoms with Gasteiger partial charge in [0.05, 0.1) is 0 Å². The molecule has 1 aromatic carbocycles. The van der Waals surface area contributed by atoms with Gasteiger partial charge >= 0.3 is 0 Å². The van der Waals surface area contributed by atoms with Crippen LogP contribution in [0, 0.1) is 12.3 Å². The Labute approximate surface area is 138 Å². The fraction of sp³-hybridized carbons (Fsp3) is 0.526. The Hall–Kier alpha value is -1.81. The van der Waals surface area contributed by atoms with Gasteiger partial charge in [-0.2, -0.15) is 0 Å². The number of hydrogen-bond donors (Lipinski definition) is 3. The summed E-state index contributed by atoms with van der Waals surface area (Å²) < 4.78 is 0. The van der Waals surface area contributed by atoms with E-state index in [2.05, 4.69) is 35.4 Å². The van der Waals surface area contributed by atoms with Crippen LogP contribution in [-0.2, 0) is 11.2 Å². The van der Waals surface area contributed by atoms with Crippen LogP contribution in [0.25, 0.3) is 10.9 Å². The van der Waals surface area contributed by atoms with Crippen molar-refractivity contribution in [1.82, 2.24) is 10.3 Å². The third-order valence-corrected chi connectivity index (χ3v) is 4.41. The van der Waals surface area contributed by atoms with Crippen molar-refractivity contribution in [3.63, 3.8) is 0 Å². The van der Waals surface area contributed by atoms with Crippen LogP contribution in [0.3, 0.4) is 0 Å². The third kappa shape index (κ3) is 4.83. The van der Waals surface area contributed by atoms with Gasteiger partial charge < -0.3 is 15.4 Å². The van der Waals surface area contributed by atoms with E-state index in [9.17, 15) is 9.90 Å². The number of fused-ring (bicyclic) bond motifs is 1. The van der Waals surface area contributed by atoms with Crippen LogP contribution in [0.1, 0.15) is 44.2 Å². The molecule has 23 heavy (non-hydrogen) atoms. The molecule has 0 spiro atoms. The predicted molar refractivity (Wildman–Crippen MR) is 94.5 cm³/mol. The molecule has 3 N–H and O–H groups in total. The number of nitrogens with one attached hydrogen (secondary N) is 2. The first kappa shape index (κ1) is 17.5. The number of carbonyl (C=O) groups excluding carboxylic acids is 1. The van der Waals surface area contributed by atoms with Crippen LogP contribution in [-0.4, -0.2) is 29.1 Å². The van der Waals surface area contributed by atoms with Crippen LogP contribution in [0.4, 0.5) is 0 Å². The Morgan fingerprint density at radius 2 is 2.13 bits per heavy atom. The minimum atomic E-state index is -0.0629. The second-order valence-corrected chi connectivity index (χ2v) is 7.09. The number of aliphatic hydroxyl groups excluding tert-OH is 1. The smallest absolute Gasteiger partial charge is 0.220 e. The molecular weight excluding hydrogens is 288 g/mol. The molecule has 126 valence electrons. The molecule has 1 heterocycles. The number of para-hydroxylation sites is 1. The summed E-state index contributed by atoms with van der Waals surface area (Å²) in [4.78, 5) is 15.3. The summed E-state index contributed by atoms with van der Waals surface area (Å²) in [6.45, 7) is 7.01. The number of aryl methyl sites for hydroxylation is 2. The Morgan fingerprint density at radius 1 is 1.35 bits per heavy atom. The zero-order valence-corrected chi connectivity index (χ0v) is 14.4. The van der Waals surface area contributed by atoms with E-state index in [1.165, 1.54) is 16.5 Å². The molecule has 0 saturated heterocycles. The van der Waals surface area contributed by atoms with E-state index in [1.54, 1.807) is 0 Å². The summed E-state index contributed by atoms with van der Waals surface area (Å²) in [6, 6.07) is 6.24. The maximum atomic E-state index is 12.0. The maximum absolute atomic E-state index is 12.0. The molecule has 0 fully saturated rings. The van der Waals surface area contributed by atoms with Crippen LogP contribution in [0.15, 0.2) is 24.4 Å². The summed E-state index contributed by atoms with van der Waals surface area (Å²) in [5, 5.41) is 13.4. The Bertz CT molecular complexity index is 658. The van der Waals surface area contributed by atoms with E-state index in [0.717, 1.165) is 24.8 Å². The Morgan fingerprint density at radius 3 is 2.87 bits per heavy atom. The monoisotopic (exact) mass is 316 g/mol. The SMILES string of the molecule is Cc1cccc2c(CCC(=O)NCCCC(C)(C)CO)c[nH]c12. The number of aromatic nitrogens is 1. The van der Waals surface area contributed by atoms with Crippen molar-refractivity contribution in [2.75, 3.05) is 13.2 Å². The zero-order chi connectivity index (χ0) is 16.9. The quantitative estimate of drug-likeness (QED) is 0.654. The molecule has 1 amide bonds. The van der Waals surface area contributed by atoms with Gasteiger partial charge in [0.2, 0.25) is 5.91 Å². The summed E-state index contributed by atoms with van der Waals surface area (Å²) in [5.41, 5.74) is 3.52. The molecule has 0 aliphatic heterocycles. The first-order valence-electron chi connectivity index (χ1n) is 8.36. The maximum Gasteiger partial charge on any atom is 0.220 e.